The van der Waals surface area contributed by atoms with Gasteiger partial charge in [-0.2, -0.15) is 0 Å². The molecule has 1 N–H and O–H groups in total. The Balaban J connectivity index is 1.30. The van der Waals surface area contributed by atoms with Gasteiger partial charge in [-0.05, 0) is 17.7 Å². The maximum Gasteiger partial charge on any atom is 0.234 e. The van der Waals surface area contributed by atoms with E-state index in [1.807, 2.05) is 30.3 Å². The third kappa shape index (κ3) is 6.66. The maximum absolute atomic E-state index is 13.1. The van der Waals surface area contributed by atoms with Gasteiger partial charge in [-0.25, -0.2) is 4.39 Å². The fourth-order valence-corrected chi connectivity index (χ4v) is 3.08. The van der Waals surface area contributed by atoms with Crippen LogP contribution in [0.4, 0.5) is 4.39 Å². The van der Waals surface area contributed by atoms with Gasteiger partial charge in [-0.3, -0.25) is 14.6 Å². The van der Waals surface area contributed by atoms with Crippen molar-refractivity contribution in [1.82, 2.24) is 15.1 Å². The molecule has 0 aliphatic carbocycles. The van der Waals surface area contributed by atoms with Crippen molar-refractivity contribution >= 4 is 5.91 Å². The number of nitrogens with zero attached hydrogens (tertiary/aromatic N) is 2. The second kappa shape index (κ2) is 10.0. The Morgan fingerprint density at radius 2 is 1.74 bits per heavy atom. The maximum atomic E-state index is 13.1. The normalized spacial score (nSPS) is 15.4. The van der Waals surface area contributed by atoms with E-state index in [0.717, 1.165) is 38.3 Å². The van der Waals surface area contributed by atoms with Crippen LogP contribution in [0.5, 0.6) is 5.75 Å². The summed E-state index contributed by atoms with van der Waals surface area (Å²) in [5, 5.41) is 2.97. The van der Waals surface area contributed by atoms with Crippen LogP contribution in [0.2, 0.25) is 0 Å². The van der Waals surface area contributed by atoms with Gasteiger partial charge in [0.1, 0.15) is 18.2 Å². The number of rotatable bonds is 8. The quantitative estimate of drug-likeness (QED) is 0.772. The topological polar surface area (TPSA) is 44.8 Å². The Hall–Kier alpha value is -2.44. The molecule has 0 aromatic heterocycles. The molecule has 0 spiro atoms. The van der Waals surface area contributed by atoms with Crippen LogP contribution in [-0.4, -0.2) is 61.6 Å². The zero-order valence-electron chi connectivity index (χ0n) is 15.4. The zero-order chi connectivity index (χ0) is 18.9. The van der Waals surface area contributed by atoms with Gasteiger partial charge in [0.2, 0.25) is 5.91 Å². The first-order valence-corrected chi connectivity index (χ1v) is 9.33. The van der Waals surface area contributed by atoms with E-state index >= 15 is 0 Å². The zero-order valence-corrected chi connectivity index (χ0v) is 15.4. The number of benzene rings is 2. The molecule has 144 valence electrons. The van der Waals surface area contributed by atoms with Crippen molar-refractivity contribution in [2.24, 2.45) is 0 Å². The summed E-state index contributed by atoms with van der Waals surface area (Å²) in [6.07, 6.45) is 0. The van der Waals surface area contributed by atoms with E-state index in [4.69, 9.17) is 4.74 Å². The molecule has 6 heteroatoms. The Morgan fingerprint density at radius 1 is 1.00 bits per heavy atom. The van der Waals surface area contributed by atoms with Gasteiger partial charge < -0.3 is 10.1 Å². The lowest BCUT2D eigenvalue weighted by Gasteiger charge is -2.34. The average molecular weight is 371 g/mol. The van der Waals surface area contributed by atoms with Crippen LogP contribution in [-0.2, 0) is 11.3 Å². The van der Waals surface area contributed by atoms with E-state index < -0.39 is 0 Å². The molecule has 3 rings (SSSR count). The van der Waals surface area contributed by atoms with Gasteiger partial charge in [0, 0.05) is 45.3 Å². The van der Waals surface area contributed by atoms with Crippen molar-refractivity contribution in [1.29, 1.82) is 0 Å². The summed E-state index contributed by atoms with van der Waals surface area (Å²) in [5.74, 6) is 0.331. The van der Waals surface area contributed by atoms with Gasteiger partial charge >= 0.3 is 0 Å². The van der Waals surface area contributed by atoms with Crippen molar-refractivity contribution in [2.45, 2.75) is 6.54 Å². The molecule has 2 aromatic rings. The SMILES string of the molecule is O=C(CN1CCN(CCOc2cccc(F)c2)CC1)NCc1ccccc1. The molecular formula is C21H26FN3O2. The largest absolute Gasteiger partial charge is 0.492 e. The first-order chi connectivity index (χ1) is 13.2. The number of nitrogens with one attached hydrogen (secondary N) is 1. The third-order valence-electron chi connectivity index (χ3n) is 4.64. The first-order valence-electron chi connectivity index (χ1n) is 9.33. The number of carbonyl (C=O) groups is 1. The number of ether oxygens (including phenoxy) is 1. The summed E-state index contributed by atoms with van der Waals surface area (Å²) < 4.78 is 18.7. The van der Waals surface area contributed by atoms with Crippen molar-refractivity contribution in [3.63, 3.8) is 0 Å². The number of amides is 1. The third-order valence-corrected chi connectivity index (χ3v) is 4.64. The summed E-state index contributed by atoms with van der Waals surface area (Å²) in [4.78, 5) is 16.6. The smallest absolute Gasteiger partial charge is 0.234 e. The van der Waals surface area contributed by atoms with E-state index in [1.54, 1.807) is 12.1 Å². The van der Waals surface area contributed by atoms with Crippen molar-refractivity contribution in [2.75, 3.05) is 45.9 Å². The van der Waals surface area contributed by atoms with Crippen LogP contribution in [0.1, 0.15) is 5.56 Å². The van der Waals surface area contributed by atoms with E-state index in [1.165, 1.54) is 12.1 Å². The molecule has 27 heavy (non-hydrogen) atoms. The van der Waals surface area contributed by atoms with E-state index in [2.05, 4.69) is 15.1 Å². The average Bonchev–Trinajstić information content (AvgIpc) is 2.69. The lowest BCUT2D eigenvalue weighted by Crippen LogP contribution is -2.50. The number of piperazine rings is 1. The highest BCUT2D eigenvalue weighted by molar-refractivity contribution is 5.78. The summed E-state index contributed by atoms with van der Waals surface area (Å²) in [6.45, 7) is 5.84. The lowest BCUT2D eigenvalue weighted by molar-refractivity contribution is -0.122. The summed E-state index contributed by atoms with van der Waals surface area (Å²) in [7, 11) is 0. The van der Waals surface area contributed by atoms with Crippen molar-refractivity contribution < 1.29 is 13.9 Å². The molecule has 1 saturated heterocycles. The Morgan fingerprint density at radius 3 is 2.48 bits per heavy atom. The van der Waals surface area contributed by atoms with Crippen molar-refractivity contribution in [3.8, 4) is 5.75 Å². The predicted octanol–water partition coefficient (Wildman–Crippen LogP) is 2.14. The van der Waals surface area contributed by atoms with E-state index in [9.17, 15) is 9.18 Å². The molecule has 0 radical (unpaired) electrons. The monoisotopic (exact) mass is 371 g/mol. The molecule has 0 unspecified atom stereocenters. The molecule has 0 saturated carbocycles. The van der Waals surface area contributed by atoms with Gasteiger partial charge in [0.25, 0.3) is 0 Å². The minimum Gasteiger partial charge on any atom is -0.492 e. The molecule has 0 atom stereocenters. The Labute approximate surface area is 159 Å². The van der Waals surface area contributed by atoms with Gasteiger partial charge in [0.15, 0.2) is 0 Å². The van der Waals surface area contributed by atoms with Gasteiger partial charge in [-0.15, -0.1) is 0 Å². The number of hydrogen-bond acceptors (Lipinski definition) is 4. The van der Waals surface area contributed by atoms with Gasteiger partial charge in [-0.1, -0.05) is 36.4 Å². The van der Waals surface area contributed by atoms with Crippen LogP contribution in [0.25, 0.3) is 0 Å². The highest BCUT2D eigenvalue weighted by Gasteiger charge is 2.18. The van der Waals surface area contributed by atoms with Crippen molar-refractivity contribution in [3.05, 3.63) is 66.0 Å². The molecule has 1 aliphatic rings. The Kier molecular flexibility index (Phi) is 7.19. The number of hydrogen-bond donors (Lipinski definition) is 1. The molecule has 1 amide bonds. The molecular weight excluding hydrogens is 345 g/mol. The molecule has 1 fully saturated rings. The van der Waals surface area contributed by atoms with Crippen LogP contribution >= 0.6 is 0 Å². The fraction of sp³-hybridized carbons (Fsp3) is 0.381. The fourth-order valence-electron chi connectivity index (χ4n) is 3.08. The van der Waals surface area contributed by atoms with Crippen LogP contribution in [0, 0.1) is 5.82 Å². The number of halogens is 1. The lowest BCUT2D eigenvalue weighted by atomic mass is 10.2. The molecule has 1 heterocycles. The highest BCUT2D eigenvalue weighted by Crippen LogP contribution is 2.12. The molecule has 2 aromatic carbocycles. The Bertz CT molecular complexity index is 718. The number of carbonyl (C=O) groups excluding carboxylic acids is 1. The standard InChI is InChI=1S/C21H26FN3O2/c22-19-7-4-8-20(15-19)27-14-13-24-9-11-25(12-10-24)17-21(26)23-16-18-5-2-1-3-6-18/h1-8,15H,9-14,16-17H2,(H,23,26). The van der Waals surface area contributed by atoms with Crippen LogP contribution in [0.3, 0.4) is 0 Å². The minimum atomic E-state index is -0.286. The second-order valence-electron chi connectivity index (χ2n) is 6.69. The van der Waals surface area contributed by atoms with Gasteiger partial charge in [0.05, 0.1) is 6.54 Å². The first kappa shape index (κ1) is 19.3. The molecule has 0 bridgehead atoms. The molecule has 5 nitrogen and oxygen atoms in total. The van der Waals surface area contributed by atoms with E-state index in [-0.39, 0.29) is 11.7 Å². The van der Waals surface area contributed by atoms with Crippen LogP contribution < -0.4 is 10.1 Å². The molecule has 1 aliphatic heterocycles. The minimum absolute atomic E-state index is 0.0572. The summed E-state index contributed by atoms with van der Waals surface area (Å²) in [5.41, 5.74) is 1.11. The van der Waals surface area contributed by atoms with Crippen LogP contribution in [0.15, 0.2) is 54.6 Å². The summed E-state index contributed by atoms with van der Waals surface area (Å²) >= 11 is 0. The second-order valence-corrected chi connectivity index (χ2v) is 6.69. The summed E-state index contributed by atoms with van der Waals surface area (Å²) in [6, 6.07) is 16.1. The van der Waals surface area contributed by atoms with E-state index in [0.29, 0.717) is 25.4 Å². The highest BCUT2D eigenvalue weighted by atomic mass is 19.1. The predicted molar refractivity (Wildman–Crippen MR) is 103 cm³/mol.